The largest absolute Gasteiger partial charge is 0.392 e. The molecule has 0 spiro atoms. The van der Waals surface area contributed by atoms with E-state index >= 15 is 0 Å². The van der Waals surface area contributed by atoms with Gasteiger partial charge in [-0.3, -0.25) is 19.3 Å². The topological polar surface area (TPSA) is 138 Å². The lowest BCUT2D eigenvalue weighted by Gasteiger charge is -2.34. The van der Waals surface area contributed by atoms with Gasteiger partial charge in [-0.05, 0) is 78.6 Å². The molecule has 12 nitrogen and oxygen atoms in total. The molecule has 1 atom stereocenters. The number of piperidine rings is 1. The Labute approximate surface area is 285 Å². The van der Waals surface area contributed by atoms with Crippen LogP contribution in [0.4, 0.5) is 23.1 Å². The number of pyridine rings is 3. The number of anilines is 4. The van der Waals surface area contributed by atoms with Crippen molar-refractivity contribution in [2.75, 3.05) is 34.8 Å². The zero-order chi connectivity index (χ0) is 34.4. The Morgan fingerprint density at radius 1 is 1.14 bits per heavy atom. The first-order valence-corrected chi connectivity index (χ1v) is 16.8. The molecule has 1 fully saturated rings. The summed E-state index contributed by atoms with van der Waals surface area (Å²) in [4.78, 5) is 52.3. The van der Waals surface area contributed by atoms with E-state index in [1.165, 1.54) is 21.9 Å². The fourth-order valence-corrected chi connectivity index (χ4v) is 7.57. The summed E-state index contributed by atoms with van der Waals surface area (Å²) in [5.41, 5.74) is 5.27. The molecule has 12 heteroatoms. The number of aromatic nitrogens is 4. The SMILES string of the molecule is C=CC(=O)NC1CCCN(c2cccc(Nc3cc(-c4ccnc(N5CCn6c(cc7c6CC(C)(C)C7)C5=O)c4CO)cn(C)c3=O)n2)C1. The van der Waals surface area contributed by atoms with Crippen LogP contribution in [0, 0.1) is 5.41 Å². The molecule has 1 saturated heterocycles. The molecule has 7 rings (SSSR count). The van der Waals surface area contributed by atoms with Gasteiger partial charge in [-0.25, -0.2) is 9.97 Å². The van der Waals surface area contributed by atoms with Gasteiger partial charge in [0.15, 0.2) is 0 Å². The number of aliphatic hydroxyl groups excluding tert-OH is 1. The fraction of sp³-hybridized carbons (Fsp3) is 0.378. The third kappa shape index (κ3) is 6.12. The minimum atomic E-state index is -0.340. The summed E-state index contributed by atoms with van der Waals surface area (Å²) >= 11 is 0. The first-order valence-electron chi connectivity index (χ1n) is 16.8. The molecule has 4 aromatic heterocycles. The third-order valence-electron chi connectivity index (χ3n) is 9.84. The van der Waals surface area contributed by atoms with Gasteiger partial charge in [-0.15, -0.1) is 0 Å². The summed E-state index contributed by atoms with van der Waals surface area (Å²) in [6.07, 6.45) is 8.31. The van der Waals surface area contributed by atoms with Crippen molar-refractivity contribution in [1.29, 1.82) is 0 Å². The third-order valence-corrected chi connectivity index (χ3v) is 9.84. The number of aryl methyl sites for hydroxylation is 1. The van der Waals surface area contributed by atoms with Gasteiger partial charge < -0.3 is 29.8 Å². The Morgan fingerprint density at radius 2 is 1.98 bits per heavy atom. The van der Waals surface area contributed by atoms with Crippen LogP contribution in [0.15, 0.2) is 66.2 Å². The molecule has 1 unspecified atom stereocenters. The first kappa shape index (κ1) is 32.3. The van der Waals surface area contributed by atoms with Crippen LogP contribution in [-0.4, -0.2) is 61.7 Å². The molecule has 2 amide bonds. The molecular weight excluding hydrogens is 620 g/mol. The summed E-state index contributed by atoms with van der Waals surface area (Å²) in [5.74, 6) is 1.33. The molecule has 0 saturated carbocycles. The van der Waals surface area contributed by atoms with E-state index in [0.29, 0.717) is 59.3 Å². The molecule has 4 aromatic rings. The average Bonchev–Trinajstić information content (AvgIpc) is 3.58. The van der Waals surface area contributed by atoms with Gasteiger partial charge in [0.1, 0.15) is 28.8 Å². The second-order valence-corrected chi connectivity index (χ2v) is 14.0. The molecule has 3 N–H and O–H groups in total. The van der Waals surface area contributed by atoms with Crippen LogP contribution in [0.3, 0.4) is 0 Å². The summed E-state index contributed by atoms with van der Waals surface area (Å²) in [6, 6.07) is 11.2. The lowest BCUT2D eigenvalue weighted by molar-refractivity contribution is -0.117. The molecular formula is C37H42N8O4. The van der Waals surface area contributed by atoms with Gasteiger partial charge in [0, 0.05) is 68.5 Å². The molecule has 0 aromatic carbocycles. The summed E-state index contributed by atoms with van der Waals surface area (Å²) in [7, 11) is 1.68. The van der Waals surface area contributed by atoms with E-state index in [1.54, 1.807) is 42.5 Å². The van der Waals surface area contributed by atoms with Crippen LogP contribution in [0.5, 0.6) is 0 Å². The van der Waals surface area contributed by atoms with Crippen molar-refractivity contribution in [3.63, 3.8) is 0 Å². The van der Waals surface area contributed by atoms with E-state index in [9.17, 15) is 19.5 Å². The van der Waals surface area contributed by atoms with Crippen molar-refractivity contribution in [2.45, 2.75) is 58.7 Å². The fourth-order valence-electron chi connectivity index (χ4n) is 7.57. The normalized spacial score (nSPS) is 18.2. The number of nitrogens with zero attached hydrogens (tertiary/aromatic N) is 6. The maximum absolute atomic E-state index is 13.9. The molecule has 2 aliphatic heterocycles. The molecule has 0 radical (unpaired) electrons. The minimum absolute atomic E-state index is 0.00785. The molecule has 6 heterocycles. The molecule has 254 valence electrons. The lowest BCUT2D eigenvalue weighted by Crippen LogP contribution is -2.47. The number of fused-ring (bicyclic) bond motifs is 3. The number of carbonyl (C=O) groups is 2. The Hall–Kier alpha value is -5.23. The monoisotopic (exact) mass is 662 g/mol. The number of rotatable bonds is 8. The molecule has 3 aliphatic rings. The van der Waals surface area contributed by atoms with E-state index in [4.69, 9.17) is 4.98 Å². The van der Waals surface area contributed by atoms with Gasteiger partial charge in [-0.2, -0.15) is 0 Å². The van der Waals surface area contributed by atoms with Gasteiger partial charge in [0.25, 0.3) is 11.5 Å². The Morgan fingerprint density at radius 3 is 2.78 bits per heavy atom. The van der Waals surface area contributed by atoms with E-state index in [1.807, 2.05) is 18.2 Å². The van der Waals surface area contributed by atoms with Crippen molar-refractivity contribution in [3.8, 4) is 11.1 Å². The van der Waals surface area contributed by atoms with Crippen molar-refractivity contribution in [3.05, 3.63) is 94.3 Å². The zero-order valence-corrected chi connectivity index (χ0v) is 28.2. The van der Waals surface area contributed by atoms with Crippen LogP contribution in [0.25, 0.3) is 11.1 Å². The minimum Gasteiger partial charge on any atom is -0.392 e. The van der Waals surface area contributed by atoms with Crippen LogP contribution in [-0.2, 0) is 37.8 Å². The number of nitrogens with one attached hydrogen (secondary N) is 2. The second-order valence-electron chi connectivity index (χ2n) is 14.0. The number of carbonyl (C=O) groups excluding carboxylic acids is 2. The standard InChI is InChI=1S/C37H42N8O4/c1-5-33(47)39-25-8-7-13-43(21-25)32-10-6-9-31(41-32)40-28-16-24(20-42(4)35(28)48)26-11-12-38-34(27(26)22-46)45-15-14-44-29(36(45)49)17-23-18-37(2,3)19-30(23)44/h5-6,9-12,16-17,20,25,46H,1,7-8,13-15,18-19,21-22H2,2-4H3,(H,39,47)(H,40,41). The van der Waals surface area contributed by atoms with E-state index in [-0.39, 0.29) is 35.4 Å². The summed E-state index contributed by atoms with van der Waals surface area (Å²) in [5, 5.41) is 16.9. The smallest absolute Gasteiger partial charge is 0.276 e. The Kier molecular flexibility index (Phi) is 8.35. The first-order chi connectivity index (χ1) is 23.5. The van der Waals surface area contributed by atoms with Crippen LogP contribution >= 0.6 is 0 Å². The highest BCUT2D eigenvalue weighted by Gasteiger charge is 2.37. The Bertz CT molecular complexity index is 2030. The molecule has 0 bridgehead atoms. The van der Waals surface area contributed by atoms with E-state index in [2.05, 4.69) is 45.5 Å². The second kappa shape index (κ2) is 12.7. The van der Waals surface area contributed by atoms with Crippen LogP contribution in [0.2, 0.25) is 0 Å². The summed E-state index contributed by atoms with van der Waals surface area (Å²) in [6.45, 7) is 10.2. The highest BCUT2D eigenvalue weighted by Crippen LogP contribution is 2.40. The van der Waals surface area contributed by atoms with Gasteiger partial charge in [-0.1, -0.05) is 26.5 Å². The van der Waals surface area contributed by atoms with Crippen molar-refractivity contribution in [2.24, 2.45) is 12.5 Å². The van der Waals surface area contributed by atoms with Gasteiger partial charge in [0.05, 0.1) is 6.61 Å². The van der Waals surface area contributed by atoms with Crippen molar-refractivity contribution < 1.29 is 14.7 Å². The zero-order valence-electron chi connectivity index (χ0n) is 28.2. The highest BCUT2D eigenvalue weighted by molar-refractivity contribution is 6.06. The maximum Gasteiger partial charge on any atom is 0.276 e. The van der Waals surface area contributed by atoms with Crippen LogP contribution in [0.1, 0.15) is 54.0 Å². The number of hydrogen-bond acceptors (Lipinski definition) is 8. The predicted octanol–water partition coefficient (Wildman–Crippen LogP) is 3.94. The highest BCUT2D eigenvalue weighted by atomic mass is 16.3. The summed E-state index contributed by atoms with van der Waals surface area (Å²) < 4.78 is 3.64. The average molecular weight is 663 g/mol. The van der Waals surface area contributed by atoms with Gasteiger partial charge >= 0.3 is 0 Å². The molecule has 1 aliphatic carbocycles. The van der Waals surface area contributed by atoms with Crippen LogP contribution < -0.4 is 26.0 Å². The van der Waals surface area contributed by atoms with E-state index in [0.717, 1.165) is 38.0 Å². The number of amides is 2. The van der Waals surface area contributed by atoms with E-state index < -0.39 is 0 Å². The van der Waals surface area contributed by atoms with Crippen molar-refractivity contribution in [1.82, 2.24) is 24.4 Å². The maximum atomic E-state index is 13.9. The number of hydrogen-bond donors (Lipinski definition) is 3. The molecule has 49 heavy (non-hydrogen) atoms. The Balaban J connectivity index is 1.16. The lowest BCUT2D eigenvalue weighted by atomic mass is 9.90. The quantitative estimate of drug-likeness (QED) is 0.242. The predicted molar refractivity (Wildman–Crippen MR) is 189 cm³/mol. The van der Waals surface area contributed by atoms with Crippen molar-refractivity contribution >= 4 is 35.0 Å². The number of aliphatic hydroxyl groups is 1. The van der Waals surface area contributed by atoms with Gasteiger partial charge in [0.2, 0.25) is 5.91 Å².